The maximum atomic E-state index is 13.8. The molecule has 2 atom stereocenters. The number of anilines is 2. The molecule has 0 fully saturated rings. The van der Waals surface area contributed by atoms with E-state index in [1.165, 1.54) is 12.1 Å². The van der Waals surface area contributed by atoms with Gasteiger partial charge in [-0.1, -0.05) is 30.3 Å². The van der Waals surface area contributed by atoms with Gasteiger partial charge in [0.1, 0.15) is 0 Å². The average Bonchev–Trinajstić information content (AvgIpc) is 2.60. The second-order valence-electron chi connectivity index (χ2n) is 6.91. The average molecular weight is 352 g/mol. The summed E-state index contributed by atoms with van der Waals surface area (Å²) in [6.07, 6.45) is -4.41. The molecule has 3 aliphatic rings. The minimum Gasteiger partial charge on any atom is -0.399 e. The molecule has 6 rings (SSSR count). The van der Waals surface area contributed by atoms with Gasteiger partial charge in [0.15, 0.2) is 0 Å². The third-order valence-corrected chi connectivity index (χ3v) is 5.55. The minimum absolute atomic E-state index is 0.327. The molecule has 4 N–H and O–H groups in total. The van der Waals surface area contributed by atoms with Crippen LogP contribution in [0.25, 0.3) is 0 Å². The molecular weight excluding hydrogens is 337 g/mol. The summed E-state index contributed by atoms with van der Waals surface area (Å²) in [6, 6.07) is 15.4. The highest BCUT2D eigenvalue weighted by atomic mass is 19.4. The van der Waals surface area contributed by atoms with E-state index in [2.05, 4.69) is 0 Å². The van der Waals surface area contributed by atoms with Gasteiger partial charge in [-0.05, 0) is 57.6 Å². The Kier molecular flexibility index (Phi) is 2.84. The van der Waals surface area contributed by atoms with Crippen molar-refractivity contribution in [2.75, 3.05) is 11.5 Å². The highest BCUT2D eigenvalue weighted by molar-refractivity contribution is 5.75. The molecular formula is C21H15F3N2. The molecule has 2 unspecified atom stereocenters. The van der Waals surface area contributed by atoms with Crippen LogP contribution in [0.1, 0.15) is 50.8 Å². The van der Waals surface area contributed by atoms with E-state index in [1.54, 1.807) is 18.2 Å². The fraction of sp³-hybridized carbons (Fsp3) is 0.143. The molecule has 0 heterocycles. The van der Waals surface area contributed by atoms with Crippen LogP contribution in [0.15, 0.2) is 54.6 Å². The number of hydrogen-bond acceptors (Lipinski definition) is 2. The van der Waals surface area contributed by atoms with Gasteiger partial charge in [-0.15, -0.1) is 0 Å². The van der Waals surface area contributed by atoms with Crippen molar-refractivity contribution in [1.82, 2.24) is 0 Å². The molecule has 2 bridgehead atoms. The van der Waals surface area contributed by atoms with Gasteiger partial charge < -0.3 is 11.5 Å². The lowest BCUT2D eigenvalue weighted by molar-refractivity contribution is -0.138. The van der Waals surface area contributed by atoms with Crippen molar-refractivity contribution < 1.29 is 13.2 Å². The van der Waals surface area contributed by atoms with Gasteiger partial charge in [0, 0.05) is 23.2 Å². The Morgan fingerprint density at radius 1 is 0.692 bits per heavy atom. The van der Waals surface area contributed by atoms with Crippen LogP contribution in [0.5, 0.6) is 0 Å². The molecule has 26 heavy (non-hydrogen) atoms. The van der Waals surface area contributed by atoms with Gasteiger partial charge in [-0.3, -0.25) is 0 Å². The first-order chi connectivity index (χ1) is 12.4. The zero-order chi connectivity index (χ0) is 18.2. The van der Waals surface area contributed by atoms with Gasteiger partial charge >= 0.3 is 6.18 Å². The predicted molar refractivity (Wildman–Crippen MR) is 95.0 cm³/mol. The fourth-order valence-electron chi connectivity index (χ4n) is 4.65. The van der Waals surface area contributed by atoms with Crippen molar-refractivity contribution in [3.63, 3.8) is 0 Å². The Morgan fingerprint density at radius 2 is 1.35 bits per heavy atom. The standard InChI is InChI=1S/C21H15F3N2/c22-21(23,24)15-5-1-3-12-18-14-9-10(25)7-8-11(14)17(19(12)15)13-4-2-6-16(26)20(13)18/h1-9,17-18H,25-26H2. The lowest BCUT2D eigenvalue weighted by Crippen LogP contribution is -2.31. The molecule has 5 heteroatoms. The molecule has 0 amide bonds. The summed E-state index contributed by atoms with van der Waals surface area (Å²) in [5.41, 5.74) is 17.5. The molecule has 0 radical (unpaired) electrons. The van der Waals surface area contributed by atoms with Crippen molar-refractivity contribution in [2.45, 2.75) is 18.0 Å². The highest BCUT2D eigenvalue weighted by Gasteiger charge is 2.47. The third kappa shape index (κ3) is 1.83. The Bertz CT molecular complexity index is 1070. The van der Waals surface area contributed by atoms with Crippen LogP contribution in [0.2, 0.25) is 0 Å². The summed E-state index contributed by atoms with van der Waals surface area (Å²) in [6.45, 7) is 0. The van der Waals surface area contributed by atoms with Crippen molar-refractivity contribution >= 4 is 11.4 Å². The van der Waals surface area contributed by atoms with E-state index in [0.717, 1.165) is 22.3 Å². The Morgan fingerprint density at radius 3 is 2.08 bits per heavy atom. The molecule has 0 saturated carbocycles. The SMILES string of the molecule is Nc1ccc2c(c1)C1c3cccc(C(F)(F)F)c3C2c2cccc(N)c21. The van der Waals surface area contributed by atoms with E-state index < -0.39 is 17.7 Å². The molecule has 0 aromatic heterocycles. The third-order valence-electron chi connectivity index (χ3n) is 5.55. The van der Waals surface area contributed by atoms with Crippen LogP contribution in [-0.4, -0.2) is 0 Å². The summed E-state index contributed by atoms with van der Waals surface area (Å²) in [5, 5.41) is 0. The summed E-state index contributed by atoms with van der Waals surface area (Å²) in [4.78, 5) is 0. The lowest BCUT2D eigenvalue weighted by atomic mass is 9.60. The van der Waals surface area contributed by atoms with Crippen LogP contribution in [0.4, 0.5) is 24.5 Å². The van der Waals surface area contributed by atoms with Gasteiger partial charge in [-0.25, -0.2) is 0 Å². The zero-order valence-corrected chi connectivity index (χ0v) is 13.6. The van der Waals surface area contributed by atoms with E-state index >= 15 is 0 Å². The first-order valence-corrected chi connectivity index (χ1v) is 8.35. The maximum Gasteiger partial charge on any atom is 0.416 e. The summed E-state index contributed by atoms with van der Waals surface area (Å²) in [7, 11) is 0. The molecule has 3 aromatic rings. The number of benzene rings is 3. The highest BCUT2D eigenvalue weighted by Crippen LogP contribution is 2.59. The van der Waals surface area contributed by atoms with Gasteiger partial charge in [0.25, 0.3) is 0 Å². The lowest BCUT2D eigenvalue weighted by Gasteiger charge is -2.43. The van der Waals surface area contributed by atoms with Crippen LogP contribution >= 0.6 is 0 Å². The maximum absolute atomic E-state index is 13.8. The minimum atomic E-state index is -4.41. The van der Waals surface area contributed by atoms with Gasteiger partial charge in [-0.2, -0.15) is 13.2 Å². The quantitative estimate of drug-likeness (QED) is 0.391. The van der Waals surface area contributed by atoms with E-state index in [4.69, 9.17) is 11.5 Å². The Hall–Kier alpha value is -2.95. The Balaban J connectivity index is 1.92. The number of nitrogen functional groups attached to an aromatic ring is 2. The number of alkyl halides is 3. The second kappa shape index (κ2) is 4.81. The summed E-state index contributed by atoms with van der Waals surface area (Å²) in [5.74, 6) is -0.811. The van der Waals surface area contributed by atoms with E-state index in [-0.39, 0.29) is 5.92 Å². The molecule has 0 spiro atoms. The first kappa shape index (κ1) is 15.3. The molecule has 0 saturated heterocycles. The fourth-order valence-corrected chi connectivity index (χ4v) is 4.65. The van der Waals surface area contributed by atoms with E-state index in [9.17, 15) is 13.2 Å². The molecule has 2 nitrogen and oxygen atoms in total. The van der Waals surface area contributed by atoms with Crippen molar-refractivity contribution in [1.29, 1.82) is 0 Å². The van der Waals surface area contributed by atoms with Crippen LogP contribution in [0.3, 0.4) is 0 Å². The largest absolute Gasteiger partial charge is 0.416 e. The number of halogens is 3. The van der Waals surface area contributed by atoms with Gasteiger partial charge in [0.2, 0.25) is 0 Å². The Labute approximate surface area is 148 Å². The molecule has 3 aromatic carbocycles. The van der Waals surface area contributed by atoms with Crippen LogP contribution < -0.4 is 11.5 Å². The molecule has 130 valence electrons. The number of hydrogen-bond donors (Lipinski definition) is 2. The van der Waals surface area contributed by atoms with Crippen LogP contribution in [0, 0.1) is 0 Å². The van der Waals surface area contributed by atoms with Crippen LogP contribution in [-0.2, 0) is 6.18 Å². The summed E-state index contributed by atoms with van der Waals surface area (Å²) >= 11 is 0. The van der Waals surface area contributed by atoms with Crippen molar-refractivity contribution in [2.24, 2.45) is 0 Å². The first-order valence-electron chi connectivity index (χ1n) is 8.35. The summed E-state index contributed by atoms with van der Waals surface area (Å²) < 4.78 is 41.3. The predicted octanol–water partition coefficient (Wildman–Crippen LogP) is 4.86. The smallest absolute Gasteiger partial charge is 0.399 e. The zero-order valence-electron chi connectivity index (χ0n) is 13.6. The normalized spacial score (nSPS) is 19.7. The van der Waals surface area contributed by atoms with Crippen molar-refractivity contribution in [3.05, 3.63) is 93.5 Å². The number of nitrogens with two attached hydrogens (primary N) is 2. The van der Waals surface area contributed by atoms with Crippen molar-refractivity contribution in [3.8, 4) is 0 Å². The monoisotopic (exact) mass is 352 g/mol. The van der Waals surface area contributed by atoms with Gasteiger partial charge in [0.05, 0.1) is 5.56 Å². The van der Waals surface area contributed by atoms with E-state index in [0.29, 0.717) is 22.5 Å². The topological polar surface area (TPSA) is 52.0 Å². The second-order valence-corrected chi connectivity index (χ2v) is 6.91. The number of rotatable bonds is 0. The molecule has 0 aliphatic heterocycles. The van der Waals surface area contributed by atoms with E-state index in [1.807, 2.05) is 24.3 Å². The molecule has 3 aliphatic carbocycles.